The van der Waals surface area contributed by atoms with Gasteiger partial charge in [0.2, 0.25) is 0 Å². The van der Waals surface area contributed by atoms with Crippen molar-refractivity contribution in [1.82, 2.24) is 9.97 Å². The number of anilines is 2. The van der Waals surface area contributed by atoms with Gasteiger partial charge < -0.3 is 15.8 Å². The summed E-state index contributed by atoms with van der Waals surface area (Å²) in [5, 5.41) is 3.36. The van der Waals surface area contributed by atoms with Gasteiger partial charge in [-0.15, -0.1) is 0 Å². The molecule has 0 spiro atoms. The van der Waals surface area contributed by atoms with Gasteiger partial charge in [-0.1, -0.05) is 12.1 Å². The van der Waals surface area contributed by atoms with Gasteiger partial charge in [0.05, 0.1) is 11.0 Å². The van der Waals surface area contributed by atoms with Crippen LogP contribution >= 0.6 is 0 Å². The van der Waals surface area contributed by atoms with E-state index >= 15 is 0 Å². The van der Waals surface area contributed by atoms with Crippen LogP contribution in [0.5, 0.6) is 0 Å². The molecule has 2 heterocycles. The lowest BCUT2D eigenvalue weighted by molar-refractivity contribution is 0.0904. The van der Waals surface area contributed by atoms with E-state index in [4.69, 9.17) is 10.5 Å². The minimum atomic E-state index is 0.372. The number of hydrogen-bond acceptors (Lipinski definition) is 5. The van der Waals surface area contributed by atoms with Crippen molar-refractivity contribution in [3.8, 4) is 0 Å². The van der Waals surface area contributed by atoms with Crippen LogP contribution in [0.15, 0.2) is 24.3 Å². The number of nitrogens with zero attached hydrogens (tertiary/aromatic N) is 2. The average Bonchev–Trinajstić information content (AvgIpc) is 2.41. The maximum absolute atomic E-state index is 5.94. The molecule has 0 aliphatic carbocycles. The maximum atomic E-state index is 5.94. The zero-order valence-corrected chi connectivity index (χ0v) is 10.1. The number of fused-ring (bicyclic) bond motifs is 1. The topological polar surface area (TPSA) is 73.1 Å². The first-order valence-corrected chi connectivity index (χ1v) is 6.19. The van der Waals surface area contributed by atoms with Crippen molar-refractivity contribution in [2.45, 2.75) is 18.9 Å². The van der Waals surface area contributed by atoms with Gasteiger partial charge in [0, 0.05) is 19.3 Å². The Bertz CT molecular complexity index is 552. The predicted octanol–water partition coefficient (Wildman–Crippen LogP) is 1.80. The minimum Gasteiger partial charge on any atom is -0.381 e. The molecule has 1 aliphatic rings. The van der Waals surface area contributed by atoms with Crippen molar-refractivity contribution in [2.24, 2.45) is 0 Å². The van der Waals surface area contributed by atoms with Gasteiger partial charge >= 0.3 is 0 Å². The number of nitrogens with two attached hydrogens (primary N) is 1. The number of para-hydroxylation sites is 2. The van der Waals surface area contributed by atoms with Crippen LogP contribution in [0.1, 0.15) is 12.8 Å². The van der Waals surface area contributed by atoms with Gasteiger partial charge in [0.25, 0.3) is 0 Å². The van der Waals surface area contributed by atoms with Crippen LogP contribution in [-0.2, 0) is 4.74 Å². The standard InChI is InChI=1S/C13H16N4O/c14-12-13(15-9-5-7-18-8-6-9)17-11-4-2-1-3-10(11)16-12/h1-4,9H,5-8H2,(H2,14,16)(H,15,17). The van der Waals surface area contributed by atoms with Crippen molar-refractivity contribution in [3.05, 3.63) is 24.3 Å². The van der Waals surface area contributed by atoms with Crippen LogP contribution in [0, 0.1) is 0 Å². The van der Waals surface area contributed by atoms with E-state index in [1.807, 2.05) is 24.3 Å². The van der Waals surface area contributed by atoms with Crippen LogP contribution in [-0.4, -0.2) is 29.2 Å². The molecule has 1 aliphatic heterocycles. The Kier molecular flexibility index (Phi) is 2.98. The normalized spacial score (nSPS) is 16.9. The largest absolute Gasteiger partial charge is 0.381 e. The SMILES string of the molecule is Nc1nc2ccccc2nc1NC1CCOCC1. The van der Waals surface area contributed by atoms with Crippen molar-refractivity contribution in [2.75, 3.05) is 24.3 Å². The second-order valence-corrected chi connectivity index (χ2v) is 4.48. The van der Waals surface area contributed by atoms with E-state index in [1.54, 1.807) is 0 Å². The minimum absolute atomic E-state index is 0.372. The van der Waals surface area contributed by atoms with E-state index in [0.29, 0.717) is 17.7 Å². The summed E-state index contributed by atoms with van der Waals surface area (Å²) in [6, 6.07) is 8.11. The molecule has 0 unspecified atom stereocenters. The van der Waals surface area contributed by atoms with Gasteiger partial charge in [-0.2, -0.15) is 0 Å². The first kappa shape index (κ1) is 11.2. The van der Waals surface area contributed by atoms with Crippen LogP contribution in [0.2, 0.25) is 0 Å². The fourth-order valence-corrected chi connectivity index (χ4v) is 2.16. The Labute approximate surface area is 105 Å². The highest BCUT2D eigenvalue weighted by molar-refractivity contribution is 5.79. The number of nitrogen functional groups attached to an aromatic ring is 1. The Balaban J connectivity index is 1.88. The highest BCUT2D eigenvalue weighted by Gasteiger charge is 2.15. The van der Waals surface area contributed by atoms with E-state index in [2.05, 4.69) is 15.3 Å². The van der Waals surface area contributed by atoms with Crippen molar-refractivity contribution < 1.29 is 4.74 Å². The summed E-state index contributed by atoms with van der Waals surface area (Å²) in [7, 11) is 0. The number of rotatable bonds is 2. The quantitative estimate of drug-likeness (QED) is 0.842. The third-order valence-corrected chi connectivity index (χ3v) is 3.16. The Morgan fingerprint density at radius 1 is 1.11 bits per heavy atom. The summed E-state index contributed by atoms with van der Waals surface area (Å²) in [4.78, 5) is 8.89. The lowest BCUT2D eigenvalue weighted by Gasteiger charge is -2.24. The highest BCUT2D eigenvalue weighted by atomic mass is 16.5. The molecular weight excluding hydrogens is 228 g/mol. The lowest BCUT2D eigenvalue weighted by atomic mass is 10.1. The van der Waals surface area contributed by atoms with E-state index in [9.17, 15) is 0 Å². The molecule has 5 heteroatoms. The summed E-state index contributed by atoms with van der Waals surface area (Å²) >= 11 is 0. The molecule has 1 saturated heterocycles. The van der Waals surface area contributed by atoms with Crippen molar-refractivity contribution in [3.63, 3.8) is 0 Å². The second-order valence-electron chi connectivity index (χ2n) is 4.48. The second kappa shape index (κ2) is 4.78. The average molecular weight is 244 g/mol. The molecule has 2 aromatic rings. The molecule has 0 amide bonds. The first-order chi connectivity index (χ1) is 8.83. The third-order valence-electron chi connectivity index (χ3n) is 3.16. The van der Waals surface area contributed by atoms with Crippen LogP contribution in [0.3, 0.4) is 0 Å². The predicted molar refractivity (Wildman–Crippen MR) is 71.4 cm³/mol. The summed E-state index contributed by atoms with van der Waals surface area (Å²) in [5.41, 5.74) is 7.63. The van der Waals surface area contributed by atoms with E-state index in [0.717, 1.165) is 37.1 Å². The molecular formula is C13H16N4O. The number of ether oxygens (including phenoxy) is 1. The molecule has 3 N–H and O–H groups in total. The van der Waals surface area contributed by atoms with Crippen LogP contribution in [0.25, 0.3) is 11.0 Å². The van der Waals surface area contributed by atoms with Crippen LogP contribution < -0.4 is 11.1 Å². The van der Waals surface area contributed by atoms with Crippen LogP contribution in [0.4, 0.5) is 11.6 Å². The van der Waals surface area contributed by atoms with Gasteiger partial charge in [-0.25, -0.2) is 9.97 Å². The number of nitrogens with one attached hydrogen (secondary N) is 1. The van der Waals surface area contributed by atoms with Crippen molar-refractivity contribution in [1.29, 1.82) is 0 Å². The Morgan fingerprint density at radius 2 is 1.78 bits per heavy atom. The molecule has 1 aromatic carbocycles. The van der Waals surface area contributed by atoms with Gasteiger partial charge in [-0.05, 0) is 25.0 Å². The molecule has 0 atom stereocenters. The van der Waals surface area contributed by atoms with E-state index in [1.165, 1.54) is 0 Å². The summed E-state index contributed by atoms with van der Waals surface area (Å²) in [5.74, 6) is 1.14. The van der Waals surface area contributed by atoms with E-state index < -0.39 is 0 Å². The molecule has 0 bridgehead atoms. The number of aromatic nitrogens is 2. The molecule has 0 radical (unpaired) electrons. The first-order valence-electron chi connectivity index (χ1n) is 6.19. The van der Waals surface area contributed by atoms with Gasteiger partial charge in [-0.3, -0.25) is 0 Å². The zero-order valence-electron chi connectivity index (χ0n) is 10.1. The summed E-state index contributed by atoms with van der Waals surface area (Å²) in [6.45, 7) is 1.58. The molecule has 5 nitrogen and oxygen atoms in total. The zero-order chi connectivity index (χ0) is 12.4. The fraction of sp³-hybridized carbons (Fsp3) is 0.385. The highest BCUT2D eigenvalue weighted by Crippen LogP contribution is 2.21. The van der Waals surface area contributed by atoms with Gasteiger partial charge in [0.15, 0.2) is 11.6 Å². The molecule has 94 valence electrons. The summed E-state index contributed by atoms with van der Waals surface area (Å²) in [6.07, 6.45) is 1.96. The van der Waals surface area contributed by atoms with E-state index in [-0.39, 0.29) is 0 Å². The monoisotopic (exact) mass is 244 g/mol. The van der Waals surface area contributed by atoms with Crippen molar-refractivity contribution >= 4 is 22.7 Å². The fourth-order valence-electron chi connectivity index (χ4n) is 2.16. The molecule has 18 heavy (non-hydrogen) atoms. The lowest BCUT2D eigenvalue weighted by Crippen LogP contribution is -2.28. The maximum Gasteiger partial charge on any atom is 0.169 e. The molecule has 0 saturated carbocycles. The molecule has 1 aromatic heterocycles. The molecule has 1 fully saturated rings. The third kappa shape index (κ3) is 2.22. The van der Waals surface area contributed by atoms with Gasteiger partial charge in [0.1, 0.15) is 0 Å². The summed E-state index contributed by atoms with van der Waals surface area (Å²) < 4.78 is 5.33. The Hall–Kier alpha value is -1.88. The number of benzene rings is 1. The molecule has 3 rings (SSSR count). The Morgan fingerprint density at radius 3 is 2.50 bits per heavy atom. The smallest absolute Gasteiger partial charge is 0.169 e. The number of hydrogen-bond donors (Lipinski definition) is 2.